The van der Waals surface area contributed by atoms with Crippen molar-refractivity contribution in [2.75, 3.05) is 11.3 Å². The van der Waals surface area contributed by atoms with Crippen molar-refractivity contribution in [2.45, 2.75) is 11.9 Å². The van der Waals surface area contributed by atoms with Crippen LogP contribution in [-0.2, 0) is 10.0 Å². The minimum Gasteiger partial charge on any atom is -0.384 e. The van der Waals surface area contributed by atoms with Gasteiger partial charge in [-0.3, -0.25) is 4.72 Å². The van der Waals surface area contributed by atoms with Gasteiger partial charge in [0.05, 0.1) is 17.4 Å². The molecule has 2 rings (SSSR count). The lowest BCUT2D eigenvalue weighted by molar-refractivity contribution is 0.350. The third-order valence-electron chi connectivity index (χ3n) is 2.50. The first-order valence-corrected chi connectivity index (χ1v) is 7.72. The molecule has 0 bridgehead atoms. The van der Waals surface area contributed by atoms with E-state index in [1.165, 1.54) is 18.3 Å². The Hall–Kier alpha value is -2.01. The Morgan fingerprint density at radius 2 is 2.24 bits per heavy atom. The van der Waals surface area contributed by atoms with Crippen LogP contribution in [0.15, 0.2) is 29.4 Å². The van der Waals surface area contributed by atoms with Crippen LogP contribution >= 0.6 is 11.6 Å². The van der Waals surface area contributed by atoms with E-state index in [0.717, 1.165) is 0 Å². The van der Waals surface area contributed by atoms with E-state index in [9.17, 15) is 8.42 Å². The van der Waals surface area contributed by atoms with Crippen molar-refractivity contribution in [2.24, 2.45) is 0 Å². The zero-order valence-corrected chi connectivity index (χ0v) is 12.6. The maximum atomic E-state index is 12.2. The first-order valence-electron chi connectivity index (χ1n) is 5.86. The second-order valence-corrected chi connectivity index (χ2v) is 6.18. The number of hydrogen-bond donors (Lipinski definition) is 3. The fraction of sp³-hybridized carbons (Fsp3) is 0.154. The van der Waals surface area contributed by atoms with Crippen molar-refractivity contribution in [3.8, 4) is 11.8 Å². The molecule has 1 heterocycles. The summed E-state index contributed by atoms with van der Waals surface area (Å²) in [7, 11) is -3.79. The number of rotatable bonds is 3. The number of benzene rings is 1. The van der Waals surface area contributed by atoms with E-state index in [4.69, 9.17) is 16.7 Å². The zero-order valence-electron chi connectivity index (χ0n) is 11.0. The number of aliphatic hydroxyl groups excluding tert-OH is 1. The number of aliphatic hydroxyl groups is 1. The van der Waals surface area contributed by atoms with Crippen LogP contribution in [-0.4, -0.2) is 30.1 Å². The highest BCUT2D eigenvalue weighted by Crippen LogP contribution is 2.22. The number of nitrogens with one attached hydrogen (secondary N) is 2. The standard InChI is InChI=1S/C13H12ClN3O3S/c1-9-15-8-13(16-9)21(19,20)17-12-5-4-11(14)7-10(12)3-2-6-18/h4-5,7-8,17-18H,6H2,1H3,(H,15,16). The second kappa shape index (κ2) is 6.18. The summed E-state index contributed by atoms with van der Waals surface area (Å²) < 4.78 is 26.8. The highest BCUT2D eigenvalue weighted by Gasteiger charge is 2.18. The van der Waals surface area contributed by atoms with Crippen LogP contribution in [0.5, 0.6) is 0 Å². The molecule has 21 heavy (non-hydrogen) atoms. The molecule has 0 atom stereocenters. The van der Waals surface area contributed by atoms with Gasteiger partial charge in [0, 0.05) is 5.02 Å². The van der Waals surface area contributed by atoms with E-state index < -0.39 is 10.0 Å². The number of aromatic nitrogens is 2. The predicted octanol–water partition coefficient (Wildman–Crippen LogP) is 1.52. The minimum absolute atomic E-state index is 0.0454. The third-order valence-corrected chi connectivity index (χ3v) is 4.01. The number of sulfonamides is 1. The molecule has 0 aliphatic heterocycles. The molecular weight excluding hydrogens is 314 g/mol. The molecule has 0 saturated carbocycles. The van der Waals surface area contributed by atoms with Gasteiger partial charge in [-0.2, -0.15) is 8.42 Å². The summed E-state index contributed by atoms with van der Waals surface area (Å²) in [6.07, 6.45) is 1.23. The Morgan fingerprint density at radius 3 is 2.86 bits per heavy atom. The lowest BCUT2D eigenvalue weighted by Crippen LogP contribution is -2.14. The van der Waals surface area contributed by atoms with Gasteiger partial charge in [0.1, 0.15) is 12.4 Å². The first kappa shape index (κ1) is 15.4. The molecule has 0 aliphatic rings. The van der Waals surface area contributed by atoms with Gasteiger partial charge < -0.3 is 10.1 Å². The molecule has 0 amide bonds. The molecule has 0 fully saturated rings. The topological polar surface area (TPSA) is 95.1 Å². The molecule has 1 aromatic carbocycles. The van der Waals surface area contributed by atoms with E-state index in [0.29, 0.717) is 16.4 Å². The van der Waals surface area contributed by atoms with Gasteiger partial charge in [-0.1, -0.05) is 23.4 Å². The fourth-order valence-electron chi connectivity index (χ4n) is 1.58. The molecule has 110 valence electrons. The van der Waals surface area contributed by atoms with E-state index >= 15 is 0 Å². The number of halogens is 1. The predicted molar refractivity (Wildman–Crippen MR) is 79.5 cm³/mol. The van der Waals surface area contributed by atoms with Crippen LogP contribution in [0.1, 0.15) is 11.4 Å². The number of nitrogens with zero attached hydrogens (tertiary/aromatic N) is 1. The highest BCUT2D eigenvalue weighted by atomic mass is 35.5. The van der Waals surface area contributed by atoms with E-state index in [-0.39, 0.29) is 17.3 Å². The number of hydrogen-bond acceptors (Lipinski definition) is 4. The van der Waals surface area contributed by atoms with Crippen molar-refractivity contribution in [3.63, 3.8) is 0 Å². The van der Waals surface area contributed by atoms with Crippen molar-refractivity contribution in [1.82, 2.24) is 9.97 Å². The lowest BCUT2D eigenvalue weighted by Gasteiger charge is -2.08. The van der Waals surface area contributed by atoms with Crippen LogP contribution in [0, 0.1) is 18.8 Å². The molecular formula is C13H12ClN3O3S. The number of H-pyrrole nitrogens is 1. The molecule has 8 heteroatoms. The van der Waals surface area contributed by atoms with Crippen molar-refractivity contribution >= 4 is 27.3 Å². The van der Waals surface area contributed by atoms with E-state index in [2.05, 4.69) is 26.5 Å². The quantitative estimate of drug-likeness (QED) is 0.746. The summed E-state index contributed by atoms with van der Waals surface area (Å²) in [5.41, 5.74) is 0.643. The average Bonchev–Trinajstić information content (AvgIpc) is 2.86. The Labute approximate surface area is 127 Å². The molecule has 0 radical (unpaired) electrons. The normalized spacial score (nSPS) is 10.8. The van der Waals surface area contributed by atoms with Gasteiger partial charge in [0.25, 0.3) is 10.0 Å². The van der Waals surface area contributed by atoms with E-state index in [1.807, 2.05) is 0 Å². The smallest absolute Gasteiger partial charge is 0.279 e. The average molecular weight is 326 g/mol. The van der Waals surface area contributed by atoms with Crippen molar-refractivity contribution in [3.05, 3.63) is 40.8 Å². The Balaban J connectivity index is 2.39. The van der Waals surface area contributed by atoms with E-state index in [1.54, 1.807) is 13.0 Å². The second-order valence-electron chi connectivity index (χ2n) is 4.09. The van der Waals surface area contributed by atoms with Crippen LogP contribution in [0.25, 0.3) is 0 Å². The fourth-order valence-corrected chi connectivity index (χ4v) is 2.80. The zero-order chi connectivity index (χ0) is 15.5. The maximum absolute atomic E-state index is 12.2. The third kappa shape index (κ3) is 3.76. The molecule has 0 aliphatic carbocycles. The SMILES string of the molecule is Cc1ncc(S(=O)(=O)Nc2ccc(Cl)cc2C#CCO)[nH]1. The van der Waals surface area contributed by atoms with Crippen molar-refractivity contribution < 1.29 is 13.5 Å². The molecule has 0 unspecified atom stereocenters. The maximum Gasteiger partial charge on any atom is 0.279 e. The number of anilines is 1. The van der Waals surface area contributed by atoms with Gasteiger partial charge in [0.15, 0.2) is 5.03 Å². The summed E-state index contributed by atoms with van der Waals surface area (Å²) in [6, 6.07) is 4.56. The summed E-state index contributed by atoms with van der Waals surface area (Å²) in [5.74, 6) is 5.59. The minimum atomic E-state index is -3.79. The summed E-state index contributed by atoms with van der Waals surface area (Å²) in [4.78, 5) is 6.50. The van der Waals surface area contributed by atoms with Crippen LogP contribution < -0.4 is 4.72 Å². The Bertz CT molecular complexity index is 819. The lowest BCUT2D eigenvalue weighted by atomic mass is 10.2. The van der Waals surface area contributed by atoms with Crippen LogP contribution in [0.2, 0.25) is 5.02 Å². The molecule has 2 aromatic rings. The number of imidazole rings is 1. The summed E-state index contributed by atoms with van der Waals surface area (Å²) >= 11 is 5.86. The van der Waals surface area contributed by atoms with Crippen LogP contribution in [0.4, 0.5) is 5.69 Å². The summed E-state index contributed by atoms with van der Waals surface area (Å²) in [6.45, 7) is 1.32. The van der Waals surface area contributed by atoms with Gasteiger partial charge in [0.2, 0.25) is 0 Å². The van der Waals surface area contributed by atoms with Gasteiger partial charge in [-0.15, -0.1) is 0 Å². The van der Waals surface area contributed by atoms with Crippen LogP contribution in [0.3, 0.4) is 0 Å². The monoisotopic (exact) mass is 325 g/mol. The van der Waals surface area contributed by atoms with Gasteiger partial charge >= 0.3 is 0 Å². The molecule has 1 aromatic heterocycles. The Morgan fingerprint density at radius 1 is 1.48 bits per heavy atom. The number of aromatic amines is 1. The molecule has 0 spiro atoms. The van der Waals surface area contributed by atoms with Crippen molar-refractivity contribution in [1.29, 1.82) is 0 Å². The van der Waals surface area contributed by atoms with Gasteiger partial charge in [-0.25, -0.2) is 4.98 Å². The highest BCUT2D eigenvalue weighted by molar-refractivity contribution is 7.92. The molecule has 0 saturated heterocycles. The largest absolute Gasteiger partial charge is 0.384 e. The first-order chi connectivity index (χ1) is 9.92. The molecule has 3 N–H and O–H groups in total. The van der Waals surface area contributed by atoms with Gasteiger partial charge in [-0.05, 0) is 25.1 Å². The summed E-state index contributed by atoms with van der Waals surface area (Å²) in [5, 5.41) is 9.11. The Kier molecular flexibility index (Phi) is 4.53. The molecule has 6 nitrogen and oxygen atoms in total. The number of aryl methyl sites for hydroxylation is 1.